The molecule has 1 rings (SSSR count). The number of nitrogens with one attached hydrogen (secondary N) is 2. The van der Waals surface area contributed by atoms with Gasteiger partial charge in [0.25, 0.3) is 0 Å². The van der Waals surface area contributed by atoms with E-state index in [-0.39, 0.29) is 29.8 Å². The van der Waals surface area contributed by atoms with Crippen molar-refractivity contribution in [1.82, 2.24) is 5.32 Å². The Kier molecular flexibility index (Phi) is 7.35. The van der Waals surface area contributed by atoms with Gasteiger partial charge in [0.2, 0.25) is 5.91 Å². The number of carbonyl (C=O) groups is 2. The van der Waals surface area contributed by atoms with Gasteiger partial charge in [0.1, 0.15) is 0 Å². The van der Waals surface area contributed by atoms with E-state index < -0.39 is 12.1 Å². The van der Waals surface area contributed by atoms with Crippen LogP contribution in [0.2, 0.25) is 0 Å². The largest absolute Gasteiger partial charge is 0.351 e. The van der Waals surface area contributed by atoms with Gasteiger partial charge >= 0.3 is 6.03 Å². The number of hydrogen-bond acceptors (Lipinski definition) is 3. The summed E-state index contributed by atoms with van der Waals surface area (Å²) in [4.78, 5) is 22.8. The van der Waals surface area contributed by atoms with E-state index in [4.69, 9.17) is 11.5 Å². The summed E-state index contributed by atoms with van der Waals surface area (Å²) in [7, 11) is 0. The second-order valence-corrected chi connectivity index (χ2v) is 6.19. The van der Waals surface area contributed by atoms with Crippen molar-refractivity contribution in [3.8, 4) is 0 Å². The molecule has 6 N–H and O–H groups in total. The summed E-state index contributed by atoms with van der Waals surface area (Å²) in [6.45, 7) is 7.65. The molecule has 0 heterocycles. The molecule has 0 aliphatic heterocycles. The Morgan fingerprint density at radius 2 is 1.64 bits per heavy atom. The maximum absolute atomic E-state index is 12.1. The molecular formula is C15H25ClN4O2. The van der Waals surface area contributed by atoms with E-state index in [0.29, 0.717) is 5.69 Å². The van der Waals surface area contributed by atoms with Crippen molar-refractivity contribution in [2.24, 2.45) is 16.9 Å². The second kappa shape index (κ2) is 8.00. The van der Waals surface area contributed by atoms with Crippen LogP contribution in [-0.2, 0) is 4.79 Å². The second-order valence-electron chi connectivity index (χ2n) is 6.19. The topological polar surface area (TPSA) is 110 Å². The Morgan fingerprint density at radius 1 is 1.14 bits per heavy atom. The quantitative estimate of drug-likeness (QED) is 0.679. The molecule has 0 saturated carbocycles. The molecule has 0 fully saturated rings. The minimum atomic E-state index is -0.611. The Hall–Kier alpha value is -1.79. The van der Waals surface area contributed by atoms with Crippen LogP contribution in [0.15, 0.2) is 24.3 Å². The van der Waals surface area contributed by atoms with Crippen molar-refractivity contribution in [3.05, 3.63) is 29.8 Å². The lowest BCUT2D eigenvalue weighted by Crippen LogP contribution is -2.49. The zero-order valence-corrected chi connectivity index (χ0v) is 14.2. The maximum Gasteiger partial charge on any atom is 0.316 e. The van der Waals surface area contributed by atoms with Gasteiger partial charge in [-0.15, -0.1) is 12.4 Å². The molecule has 0 aliphatic carbocycles. The standard InChI is InChI=1S/C15H24N4O2.ClH/c1-9(18-13(20)12(16)15(2,3)4)10-5-7-11(8-6-10)19-14(17)21;/h5-9,12H,16H2,1-4H3,(H,18,20)(H3,17,19,21);1H/t9?,12-;/m1./s1. The first kappa shape index (κ1) is 20.2. The fourth-order valence-corrected chi connectivity index (χ4v) is 1.78. The average Bonchev–Trinajstić information content (AvgIpc) is 2.36. The highest BCUT2D eigenvalue weighted by Gasteiger charge is 2.28. The molecule has 0 bridgehead atoms. The van der Waals surface area contributed by atoms with Crippen LogP contribution < -0.4 is 22.1 Å². The Bertz CT molecular complexity index is 511. The molecule has 2 atom stereocenters. The number of rotatable bonds is 4. The molecule has 124 valence electrons. The van der Waals surface area contributed by atoms with Crippen LogP contribution in [0.1, 0.15) is 39.3 Å². The van der Waals surface area contributed by atoms with Crippen molar-refractivity contribution in [2.45, 2.75) is 39.8 Å². The van der Waals surface area contributed by atoms with Gasteiger partial charge < -0.3 is 22.1 Å². The zero-order chi connectivity index (χ0) is 16.2. The molecule has 0 radical (unpaired) electrons. The fraction of sp³-hybridized carbons (Fsp3) is 0.467. The van der Waals surface area contributed by atoms with Gasteiger partial charge in [0.05, 0.1) is 12.1 Å². The molecule has 3 amide bonds. The first-order valence-corrected chi connectivity index (χ1v) is 6.83. The smallest absolute Gasteiger partial charge is 0.316 e. The van der Waals surface area contributed by atoms with Crippen LogP contribution in [0.25, 0.3) is 0 Å². The van der Waals surface area contributed by atoms with Gasteiger partial charge in [-0.1, -0.05) is 32.9 Å². The van der Waals surface area contributed by atoms with E-state index in [0.717, 1.165) is 5.56 Å². The van der Waals surface area contributed by atoms with Crippen molar-refractivity contribution in [3.63, 3.8) is 0 Å². The maximum atomic E-state index is 12.1. The lowest BCUT2D eigenvalue weighted by Gasteiger charge is -2.27. The predicted octanol–water partition coefficient (Wildman–Crippen LogP) is 2.15. The third kappa shape index (κ3) is 5.91. The zero-order valence-electron chi connectivity index (χ0n) is 13.3. The van der Waals surface area contributed by atoms with E-state index in [1.165, 1.54) is 0 Å². The minimum Gasteiger partial charge on any atom is -0.351 e. The van der Waals surface area contributed by atoms with Crippen LogP contribution in [0.5, 0.6) is 0 Å². The fourth-order valence-electron chi connectivity index (χ4n) is 1.78. The number of amides is 3. The third-order valence-electron chi connectivity index (χ3n) is 3.25. The number of anilines is 1. The van der Waals surface area contributed by atoms with E-state index >= 15 is 0 Å². The van der Waals surface area contributed by atoms with Crippen molar-refractivity contribution >= 4 is 30.0 Å². The van der Waals surface area contributed by atoms with Crippen LogP contribution in [0, 0.1) is 5.41 Å². The van der Waals surface area contributed by atoms with Crippen LogP contribution >= 0.6 is 12.4 Å². The van der Waals surface area contributed by atoms with Gasteiger partial charge in [0, 0.05) is 5.69 Å². The van der Waals surface area contributed by atoms with Gasteiger partial charge in [-0.25, -0.2) is 4.79 Å². The van der Waals surface area contributed by atoms with Crippen molar-refractivity contribution in [1.29, 1.82) is 0 Å². The molecule has 0 aliphatic rings. The molecule has 1 aromatic rings. The number of primary amides is 1. The molecule has 6 nitrogen and oxygen atoms in total. The van der Waals surface area contributed by atoms with Crippen LogP contribution in [0.4, 0.5) is 10.5 Å². The molecule has 22 heavy (non-hydrogen) atoms. The number of hydrogen-bond donors (Lipinski definition) is 4. The monoisotopic (exact) mass is 328 g/mol. The number of carbonyl (C=O) groups excluding carboxylic acids is 2. The lowest BCUT2D eigenvalue weighted by molar-refractivity contribution is -0.125. The highest BCUT2D eigenvalue weighted by atomic mass is 35.5. The number of nitrogens with two attached hydrogens (primary N) is 2. The Labute approximate surface area is 137 Å². The summed E-state index contributed by atoms with van der Waals surface area (Å²) in [5.74, 6) is -0.186. The summed E-state index contributed by atoms with van der Waals surface area (Å²) in [5, 5.41) is 5.37. The van der Waals surface area contributed by atoms with E-state index in [1.807, 2.05) is 39.8 Å². The van der Waals surface area contributed by atoms with E-state index in [9.17, 15) is 9.59 Å². The molecule has 7 heteroatoms. The van der Waals surface area contributed by atoms with Crippen molar-refractivity contribution < 1.29 is 9.59 Å². The first-order chi connectivity index (χ1) is 9.61. The molecule has 1 aromatic carbocycles. The Morgan fingerprint density at radius 3 is 2.05 bits per heavy atom. The average molecular weight is 329 g/mol. The van der Waals surface area contributed by atoms with Gasteiger partial charge in [0.15, 0.2) is 0 Å². The Balaban J connectivity index is 0.00000441. The number of urea groups is 1. The van der Waals surface area contributed by atoms with E-state index in [1.54, 1.807) is 12.1 Å². The molecule has 0 saturated heterocycles. The van der Waals surface area contributed by atoms with Gasteiger partial charge in [-0.05, 0) is 30.0 Å². The number of benzene rings is 1. The van der Waals surface area contributed by atoms with Gasteiger partial charge in [-0.2, -0.15) is 0 Å². The SMILES string of the molecule is CC(NC(=O)[C@@H](N)C(C)(C)C)c1ccc(NC(N)=O)cc1.Cl. The highest BCUT2D eigenvalue weighted by Crippen LogP contribution is 2.20. The summed E-state index contributed by atoms with van der Waals surface area (Å²) in [5.41, 5.74) is 12.2. The lowest BCUT2D eigenvalue weighted by atomic mass is 9.86. The van der Waals surface area contributed by atoms with Crippen LogP contribution in [-0.4, -0.2) is 18.0 Å². The summed E-state index contributed by atoms with van der Waals surface area (Å²) in [6.07, 6.45) is 0. The first-order valence-electron chi connectivity index (χ1n) is 6.83. The molecule has 0 aromatic heterocycles. The molecule has 0 spiro atoms. The summed E-state index contributed by atoms with van der Waals surface area (Å²) < 4.78 is 0. The normalized spacial score (nSPS) is 13.5. The van der Waals surface area contributed by atoms with Gasteiger partial charge in [-0.3, -0.25) is 4.79 Å². The molecule has 1 unspecified atom stereocenters. The van der Waals surface area contributed by atoms with Crippen molar-refractivity contribution in [2.75, 3.05) is 5.32 Å². The number of halogens is 1. The summed E-state index contributed by atoms with van der Waals surface area (Å²) >= 11 is 0. The summed E-state index contributed by atoms with van der Waals surface area (Å²) in [6, 6.07) is 5.74. The van der Waals surface area contributed by atoms with E-state index in [2.05, 4.69) is 10.6 Å². The predicted molar refractivity (Wildman–Crippen MR) is 90.9 cm³/mol. The molecular weight excluding hydrogens is 304 g/mol. The highest BCUT2D eigenvalue weighted by molar-refractivity contribution is 5.87. The third-order valence-corrected chi connectivity index (χ3v) is 3.25. The minimum absolute atomic E-state index is 0. The van der Waals surface area contributed by atoms with Crippen LogP contribution in [0.3, 0.4) is 0 Å².